The summed E-state index contributed by atoms with van der Waals surface area (Å²) < 4.78 is 5.00. The Hall–Kier alpha value is -4.68. The van der Waals surface area contributed by atoms with Gasteiger partial charge >= 0.3 is 0 Å². The molecule has 2 aromatic carbocycles. The molecule has 0 N–H and O–H groups in total. The monoisotopic (exact) mass is 501 g/mol. The van der Waals surface area contributed by atoms with Crippen molar-refractivity contribution >= 4 is 17.1 Å². The van der Waals surface area contributed by atoms with Crippen LogP contribution in [-0.2, 0) is 34.0 Å². The summed E-state index contributed by atoms with van der Waals surface area (Å²) in [4.78, 5) is 36.9. The molecule has 0 bridgehead atoms. The third-order valence-electron chi connectivity index (χ3n) is 6.25. The minimum Gasteiger partial charge on any atom is -0.493 e. The molecular weight excluding hydrogens is 474 g/mol. The minimum absolute atomic E-state index is 0.0363. The van der Waals surface area contributed by atoms with Crippen LogP contribution in [0.25, 0.3) is 16.8 Å². The standard InChI is InChI=1S/C32H27N3O3/c1-38-32-19-30(36)27(18-31(32)37)29-17-9-15-26(34-29)22-35(20-23-10-4-2-5-11-23)21-25-14-8-16-28(33-25)24-12-6-3-7-13-24/h2-19H,20-22H2,1H3. The number of hydrogen-bond acceptors (Lipinski definition) is 6. The fraction of sp³-hybridized carbons (Fsp3) is 0.125. The first-order valence-electron chi connectivity index (χ1n) is 12.4. The van der Waals surface area contributed by atoms with Gasteiger partial charge in [-0.2, -0.15) is 0 Å². The topological polar surface area (TPSA) is 72.4 Å². The Morgan fingerprint density at radius 3 is 1.89 bits per heavy atom. The highest BCUT2D eigenvalue weighted by molar-refractivity contribution is 6.34. The molecule has 38 heavy (non-hydrogen) atoms. The summed E-state index contributed by atoms with van der Waals surface area (Å²) in [5.41, 5.74) is 5.66. The molecule has 0 unspecified atom stereocenters. The minimum atomic E-state index is -0.343. The van der Waals surface area contributed by atoms with Gasteiger partial charge in [-0.25, -0.2) is 0 Å². The van der Waals surface area contributed by atoms with E-state index in [-0.39, 0.29) is 22.9 Å². The third kappa shape index (κ3) is 5.99. The molecule has 6 heteroatoms. The van der Waals surface area contributed by atoms with Crippen molar-refractivity contribution in [3.63, 3.8) is 0 Å². The Morgan fingerprint density at radius 1 is 0.632 bits per heavy atom. The lowest BCUT2D eigenvalue weighted by Gasteiger charge is -2.22. The highest BCUT2D eigenvalue weighted by Gasteiger charge is 2.23. The Morgan fingerprint density at radius 2 is 1.24 bits per heavy atom. The molecule has 2 aromatic heterocycles. The molecule has 0 atom stereocenters. The Labute approximate surface area is 222 Å². The van der Waals surface area contributed by atoms with Crippen molar-refractivity contribution < 1.29 is 14.3 Å². The maximum atomic E-state index is 12.6. The summed E-state index contributed by atoms with van der Waals surface area (Å²) in [5.74, 6) is -0.604. The van der Waals surface area contributed by atoms with Crippen LogP contribution in [0.2, 0.25) is 0 Å². The lowest BCUT2D eigenvalue weighted by atomic mass is 9.99. The number of nitrogens with zero attached hydrogens (tertiary/aromatic N) is 3. The maximum absolute atomic E-state index is 12.6. The van der Waals surface area contributed by atoms with E-state index in [9.17, 15) is 9.59 Å². The van der Waals surface area contributed by atoms with Crippen molar-refractivity contribution in [2.45, 2.75) is 19.6 Å². The second kappa shape index (κ2) is 11.6. The van der Waals surface area contributed by atoms with Gasteiger partial charge in [-0.15, -0.1) is 0 Å². The zero-order chi connectivity index (χ0) is 26.3. The van der Waals surface area contributed by atoms with E-state index in [1.165, 1.54) is 24.8 Å². The van der Waals surface area contributed by atoms with E-state index in [4.69, 9.17) is 14.7 Å². The SMILES string of the molecule is COC1=CC(=O)C(c2cccc(CN(Cc3ccccc3)Cc3cccc(-c4ccccc4)n3)n2)=CC1=O. The molecule has 188 valence electrons. The fourth-order valence-corrected chi connectivity index (χ4v) is 4.42. The van der Waals surface area contributed by atoms with Crippen molar-refractivity contribution in [2.75, 3.05) is 7.11 Å². The van der Waals surface area contributed by atoms with E-state index in [1.807, 2.05) is 66.7 Å². The molecule has 2 heterocycles. The van der Waals surface area contributed by atoms with Gasteiger partial charge in [0.2, 0.25) is 5.78 Å². The second-order valence-electron chi connectivity index (χ2n) is 9.02. The van der Waals surface area contributed by atoms with Gasteiger partial charge in [0.1, 0.15) is 0 Å². The van der Waals surface area contributed by atoms with E-state index in [2.05, 4.69) is 29.2 Å². The van der Waals surface area contributed by atoms with E-state index < -0.39 is 0 Å². The van der Waals surface area contributed by atoms with Gasteiger partial charge in [0, 0.05) is 37.3 Å². The molecule has 0 saturated carbocycles. The van der Waals surface area contributed by atoms with Gasteiger partial charge in [0.25, 0.3) is 0 Å². The van der Waals surface area contributed by atoms with Gasteiger partial charge in [0.15, 0.2) is 11.5 Å². The van der Waals surface area contributed by atoms with Gasteiger partial charge in [-0.05, 0) is 29.8 Å². The number of benzene rings is 2. The molecule has 1 aliphatic carbocycles. The number of aromatic nitrogens is 2. The van der Waals surface area contributed by atoms with E-state index >= 15 is 0 Å². The number of hydrogen-bond donors (Lipinski definition) is 0. The Kier molecular flexibility index (Phi) is 7.62. The zero-order valence-corrected chi connectivity index (χ0v) is 21.1. The van der Waals surface area contributed by atoms with Gasteiger partial charge in [-0.1, -0.05) is 72.8 Å². The highest BCUT2D eigenvalue weighted by atomic mass is 16.5. The van der Waals surface area contributed by atoms with Gasteiger partial charge in [-0.3, -0.25) is 24.5 Å². The molecule has 4 aromatic rings. The summed E-state index contributed by atoms with van der Waals surface area (Å²) in [6.07, 6.45) is 2.52. The Bertz CT molecular complexity index is 1510. The molecule has 5 rings (SSSR count). The quantitative estimate of drug-likeness (QED) is 0.286. The number of rotatable bonds is 9. The van der Waals surface area contributed by atoms with Crippen molar-refractivity contribution in [1.29, 1.82) is 0 Å². The van der Waals surface area contributed by atoms with E-state index in [1.54, 1.807) is 6.07 Å². The summed E-state index contributed by atoms with van der Waals surface area (Å²) >= 11 is 0. The average molecular weight is 502 g/mol. The first-order chi connectivity index (χ1) is 18.6. The number of carbonyl (C=O) groups is 2. The molecule has 0 aliphatic heterocycles. The molecule has 0 amide bonds. The van der Waals surface area contributed by atoms with Crippen molar-refractivity contribution in [3.8, 4) is 11.3 Å². The molecular formula is C32H27N3O3. The molecule has 6 nitrogen and oxygen atoms in total. The summed E-state index contributed by atoms with van der Waals surface area (Å²) in [6, 6.07) is 32.0. The largest absolute Gasteiger partial charge is 0.493 e. The van der Waals surface area contributed by atoms with Crippen molar-refractivity contribution in [1.82, 2.24) is 14.9 Å². The van der Waals surface area contributed by atoms with Crippen LogP contribution in [0.3, 0.4) is 0 Å². The normalized spacial score (nSPS) is 13.3. The van der Waals surface area contributed by atoms with Crippen LogP contribution >= 0.6 is 0 Å². The lowest BCUT2D eigenvalue weighted by Crippen LogP contribution is -2.24. The molecule has 0 spiro atoms. The summed E-state index contributed by atoms with van der Waals surface area (Å²) in [5, 5.41) is 0. The third-order valence-corrected chi connectivity index (χ3v) is 6.25. The van der Waals surface area contributed by atoms with Crippen molar-refractivity contribution in [3.05, 3.63) is 138 Å². The number of carbonyl (C=O) groups excluding carboxylic acids is 2. The first kappa shape index (κ1) is 25.0. The zero-order valence-electron chi connectivity index (χ0n) is 21.1. The smallest absolute Gasteiger partial charge is 0.221 e. The van der Waals surface area contributed by atoms with Crippen LogP contribution in [-0.4, -0.2) is 33.5 Å². The summed E-state index contributed by atoms with van der Waals surface area (Å²) in [6.45, 7) is 1.85. The number of ketones is 2. The maximum Gasteiger partial charge on any atom is 0.221 e. The van der Waals surface area contributed by atoms with Crippen LogP contribution in [0, 0.1) is 0 Å². The Balaban J connectivity index is 1.40. The van der Waals surface area contributed by atoms with Crippen LogP contribution in [0.4, 0.5) is 0 Å². The molecule has 1 aliphatic rings. The van der Waals surface area contributed by atoms with E-state index in [0.29, 0.717) is 25.3 Å². The van der Waals surface area contributed by atoms with Gasteiger partial charge < -0.3 is 4.74 Å². The van der Waals surface area contributed by atoms with Crippen LogP contribution in [0.1, 0.15) is 22.6 Å². The summed E-state index contributed by atoms with van der Waals surface area (Å²) in [7, 11) is 1.38. The number of allylic oxidation sites excluding steroid dienone is 3. The lowest BCUT2D eigenvalue weighted by molar-refractivity contribution is -0.116. The van der Waals surface area contributed by atoms with Crippen molar-refractivity contribution in [2.24, 2.45) is 0 Å². The molecule has 0 radical (unpaired) electrons. The van der Waals surface area contributed by atoms with Gasteiger partial charge in [0.05, 0.1) is 35.5 Å². The van der Waals surface area contributed by atoms with Crippen LogP contribution < -0.4 is 0 Å². The number of methoxy groups -OCH3 is 1. The average Bonchev–Trinajstić information content (AvgIpc) is 2.95. The van der Waals surface area contributed by atoms with Crippen LogP contribution in [0.5, 0.6) is 0 Å². The number of ether oxygens (including phenoxy) is 1. The van der Waals surface area contributed by atoms with E-state index in [0.717, 1.165) is 22.6 Å². The molecule has 0 saturated heterocycles. The predicted octanol–water partition coefficient (Wildman–Crippen LogP) is 5.41. The highest BCUT2D eigenvalue weighted by Crippen LogP contribution is 2.22. The first-order valence-corrected chi connectivity index (χ1v) is 12.4. The fourth-order valence-electron chi connectivity index (χ4n) is 4.42. The predicted molar refractivity (Wildman–Crippen MR) is 146 cm³/mol. The number of pyridine rings is 2. The molecule has 0 fully saturated rings. The van der Waals surface area contributed by atoms with Crippen LogP contribution in [0.15, 0.2) is 115 Å². The second-order valence-corrected chi connectivity index (χ2v) is 9.02.